The molecule has 0 radical (unpaired) electrons. The number of carbonyl (C=O) groups excluding carboxylic acids is 2. The van der Waals surface area contributed by atoms with Crippen molar-refractivity contribution in [3.8, 4) is 0 Å². The Balaban J connectivity index is 1.11. The number of allylic oxidation sites excluding steroid dienone is 2. The Morgan fingerprint density at radius 2 is 1.28 bits per heavy atom. The molecule has 6 fully saturated rings. The molecule has 0 bridgehead atoms. The summed E-state index contributed by atoms with van der Waals surface area (Å²) in [5.74, 6) is 5.01. The van der Waals surface area contributed by atoms with Crippen LogP contribution in [-0.2, 0) is 25.7 Å². The highest BCUT2D eigenvalue weighted by molar-refractivity contribution is 5.96. The second-order valence-corrected chi connectivity index (χ2v) is 10.5. The van der Waals surface area contributed by atoms with Crippen LogP contribution >= 0.6 is 0 Å². The number of fused-ring (bicyclic) bond motifs is 2. The Morgan fingerprint density at radius 1 is 0.690 bits per heavy atom. The smallest absolute Gasteiger partial charge is 0.147 e. The third-order valence-electron chi connectivity index (χ3n) is 10.1. The molecule has 0 heterocycles. The van der Waals surface area contributed by atoms with E-state index in [0.717, 1.165) is 5.56 Å². The molecule has 6 saturated carbocycles. The first-order chi connectivity index (χ1) is 14.3. The van der Waals surface area contributed by atoms with Crippen molar-refractivity contribution in [2.24, 2.45) is 71.0 Å². The van der Waals surface area contributed by atoms with Gasteiger partial charge in [0, 0.05) is 23.7 Å². The van der Waals surface area contributed by atoms with Gasteiger partial charge >= 0.3 is 0 Å². The molecule has 8 rings (SSSR count). The standard InChI is InChI=1S/C25H24O4/c26-23-14-11-6-7-12-13(11)16-17(14)19-20-18(16)15(12)24(27)22(20)25(21(19)23)29-9-28-8-10-4-2-1-3-5-10/h1-7,11-22,25H,8-9H2/t11-,12+,13?,14-,15-,16?,17-,18+,19+,20-,21+,22-,25?/m1/s1. The van der Waals surface area contributed by atoms with Crippen molar-refractivity contribution in [2.75, 3.05) is 6.79 Å². The van der Waals surface area contributed by atoms with Crippen LogP contribution in [0.4, 0.5) is 0 Å². The van der Waals surface area contributed by atoms with Crippen LogP contribution in [-0.4, -0.2) is 24.5 Å². The lowest BCUT2D eigenvalue weighted by atomic mass is 9.78. The number of ketones is 2. The zero-order chi connectivity index (χ0) is 19.0. The van der Waals surface area contributed by atoms with Crippen molar-refractivity contribution >= 4 is 11.6 Å². The van der Waals surface area contributed by atoms with E-state index in [2.05, 4.69) is 12.2 Å². The predicted octanol–water partition coefficient (Wildman–Crippen LogP) is 2.73. The zero-order valence-corrected chi connectivity index (χ0v) is 16.1. The fraction of sp³-hybridized carbons (Fsp3) is 0.600. The summed E-state index contributed by atoms with van der Waals surface area (Å²) in [4.78, 5) is 27.1. The molecule has 3 unspecified atom stereocenters. The molecule has 13 atom stereocenters. The number of benzene rings is 1. The maximum atomic E-state index is 13.6. The Kier molecular flexibility index (Phi) is 2.81. The molecular formula is C25H24O4. The van der Waals surface area contributed by atoms with Gasteiger partial charge in [-0.3, -0.25) is 9.59 Å². The summed E-state index contributed by atoms with van der Waals surface area (Å²) < 4.78 is 12.0. The predicted molar refractivity (Wildman–Crippen MR) is 102 cm³/mol. The Labute approximate surface area is 169 Å². The van der Waals surface area contributed by atoms with Gasteiger partial charge < -0.3 is 9.47 Å². The fourth-order valence-electron chi connectivity index (χ4n) is 9.86. The Morgan fingerprint density at radius 3 is 1.90 bits per heavy atom. The van der Waals surface area contributed by atoms with Gasteiger partial charge in [0.25, 0.3) is 0 Å². The van der Waals surface area contributed by atoms with Crippen LogP contribution in [0.15, 0.2) is 42.5 Å². The molecule has 4 heteroatoms. The maximum Gasteiger partial charge on any atom is 0.147 e. The van der Waals surface area contributed by atoms with E-state index in [4.69, 9.17) is 9.47 Å². The van der Waals surface area contributed by atoms with Crippen LogP contribution in [0.3, 0.4) is 0 Å². The van der Waals surface area contributed by atoms with Gasteiger partial charge in [-0.05, 0) is 52.9 Å². The molecule has 1 aromatic rings. The average Bonchev–Trinajstić information content (AvgIpc) is 3.51. The number of rotatable bonds is 5. The van der Waals surface area contributed by atoms with E-state index in [-0.39, 0.29) is 36.6 Å². The van der Waals surface area contributed by atoms with Gasteiger partial charge in [0.05, 0.1) is 12.7 Å². The summed E-state index contributed by atoms with van der Waals surface area (Å²) in [6.45, 7) is 0.653. The lowest BCUT2D eigenvalue weighted by Crippen LogP contribution is -2.39. The van der Waals surface area contributed by atoms with Gasteiger partial charge in [0.15, 0.2) is 0 Å². The van der Waals surface area contributed by atoms with E-state index in [0.29, 0.717) is 65.5 Å². The Hall–Kier alpha value is -1.78. The quantitative estimate of drug-likeness (QED) is 0.442. The number of Topliss-reactive ketones (excluding diaryl/α,β-unsaturated/α-hetero) is 2. The summed E-state index contributed by atoms with van der Waals surface area (Å²) in [6, 6.07) is 10.0. The van der Waals surface area contributed by atoms with Crippen LogP contribution in [0.25, 0.3) is 0 Å². The number of ether oxygens (including phenoxy) is 2. The normalized spacial score (nSPS) is 55.8. The first kappa shape index (κ1) is 16.0. The van der Waals surface area contributed by atoms with Crippen molar-refractivity contribution in [3.05, 3.63) is 48.0 Å². The second-order valence-electron chi connectivity index (χ2n) is 10.5. The molecule has 148 valence electrons. The molecule has 7 aliphatic carbocycles. The molecular weight excluding hydrogens is 364 g/mol. The van der Waals surface area contributed by atoms with Crippen molar-refractivity contribution in [1.82, 2.24) is 0 Å². The number of hydrogen-bond acceptors (Lipinski definition) is 4. The van der Waals surface area contributed by atoms with Crippen LogP contribution in [0.2, 0.25) is 0 Å². The molecule has 0 saturated heterocycles. The summed E-state index contributed by atoms with van der Waals surface area (Å²) in [6.07, 6.45) is 4.37. The summed E-state index contributed by atoms with van der Waals surface area (Å²) in [5, 5.41) is 0. The number of hydrogen-bond donors (Lipinski definition) is 0. The van der Waals surface area contributed by atoms with Crippen molar-refractivity contribution in [2.45, 2.75) is 12.7 Å². The van der Waals surface area contributed by atoms with E-state index in [9.17, 15) is 9.59 Å². The third kappa shape index (κ3) is 1.59. The summed E-state index contributed by atoms with van der Waals surface area (Å²) in [7, 11) is 0. The van der Waals surface area contributed by atoms with Gasteiger partial charge in [-0.25, -0.2) is 0 Å². The van der Waals surface area contributed by atoms with E-state index in [1.807, 2.05) is 30.3 Å². The topological polar surface area (TPSA) is 52.6 Å². The first-order valence-corrected chi connectivity index (χ1v) is 11.3. The fourth-order valence-corrected chi connectivity index (χ4v) is 9.86. The van der Waals surface area contributed by atoms with Crippen LogP contribution < -0.4 is 0 Å². The maximum absolute atomic E-state index is 13.6. The molecule has 0 spiro atoms. The van der Waals surface area contributed by atoms with Crippen LogP contribution in [0, 0.1) is 71.0 Å². The highest BCUT2D eigenvalue weighted by Gasteiger charge is 2.85. The highest BCUT2D eigenvalue weighted by atomic mass is 16.7. The first-order valence-electron chi connectivity index (χ1n) is 11.3. The van der Waals surface area contributed by atoms with Gasteiger partial charge in [0.2, 0.25) is 0 Å². The van der Waals surface area contributed by atoms with Gasteiger partial charge in [-0.2, -0.15) is 0 Å². The molecule has 0 N–H and O–H groups in total. The van der Waals surface area contributed by atoms with Gasteiger partial charge in [-0.15, -0.1) is 0 Å². The lowest BCUT2D eigenvalue weighted by molar-refractivity contribution is -0.149. The van der Waals surface area contributed by atoms with E-state index < -0.39 is 0 Å². The second kappa shape index (κ2) is 5.09. The lowest BCUT2D eigenvalue weighted by Gasteiger charge is -2.28. The molecule has 4 nitrogen and oxygen atoms in total. The van der Waals surface area contributed by atoms with Crippen molar-refractivity contribution in [3.63, 3.8) is 0 Å². The third-order valence-corrected chi connectivity index (χ3v) is 10.1. The zero-order valence-electron chi connectivity index (χ0n) is 16.1. The van der Waals surface area contributed by atoms with Crippen molar-refractivity contribution in [1.29, 1.82) is 0 Å². The van der Waals surface area contributed by atoms with E-state index >= 15 is 0 Å². The van der Waals surface area contributed by atoms with Gasteiger partial charge in [0.1, 0.15) is 18.4 Å². The average molecular weight is 388 g/mol. The van der Waals surface area contributed by atoms with Crippen LogP contribution in [0.1, 0.15) is 5.56 Å². The molecule has 29 heavy (non-hydrogen) atoms. The van der Waals surface area contributed by atoms with Gasteiger partial charge in [-0.1, -0.05) is 42.5 Å². The highest BCUT2D eigenvalue weighted by Crippen LogP contribution is 2.82. The minimum Gasteiger partial charge on any atom is -0.351 e. The Bertz CT molecular complexity index is 916. The molecule has 1 aromatic carbocycles. The summed E-state index contributed by atoms with van der Waals surface area (Å²) in [5.41, 5.74) is 1.11. The largest absolute Gasteiger partial charge is 0.351 e. The molecule has 0 aromatic heterocycles. The monoisotopic (exact) mass is 388 g/mol. The molecule has 7 aliphatic rings. The van der Waals surface area contributed by atoms with Crippen LogP contribution in [0.5, 0.6) is 0 Å². The van der Waals surface area contributed by atoms with Crippen molar-refractivity contribution < 1.29 is 19.1 Å². The minimum absolute atomic E-state index is 0.0655. The minimum atomic E-state index is -0.254. The number of carbonyl (C=O) groups is 2. The van der Waals surface area contributed by atoms with E-state index in [1.54, 1.807) is 0 Å². The SMILES string of the molecule is O=C1[C@H]2[C@H]3C4C5[C@@H](C=C[C@@H]52)[C@H]2C(=O)[C@H]5C(OCOCc6ccccc6)[C@@H]1[C@H]3[C@@H]5[C@@H]42. The molecule has 0 amide bonds. The summed E-state index contributed by atoms with van der Waals surface area (Å²) >= 11 is 0. The molecule has 0 aliphatic heterocycles. The van der Waals surface area contributed by atoms with E-state index in [1.165, 1.54) is 0 Å².